The molecule has 1 rings (SSSR count). The van der Waals surface area contributed by atoms with Gasteiger partial charge in [0.15, 0.2) is 5.78 Å². The van der Waals surface area contributed by atoms with Crippen LogP contribution in [-0.2, 0) is 0 Å². The molecule has 1 aromatic carbocycles. The van der Waals surface area contributed by atoms with Crippen LogP contribution in [-0.4, -0.2) is 12.3 Å². The number of Topliss-reactive ketones (excluding diaryl/α,β-unsaturated/α-hetero) is 1. The quantitative estimate of drug-likeness (QED) is 0.636. The van der Waals surface area contributed by atoms with E-state index in [1.807, 2.05) is 0 Å². The first-order valence-corrected chi connectivity index (χ1v) is 4.57. The van der Waals surface area contributed by atoms with Crippen molar-refractivity contribution in [2.24, 2.45) is 5.73 Å². The SMILES string of the molecule is NCC(=O)c1cc(Cl)c(Cl)c(Cl)c1. The van der Waals surface area contributed by atoms with Crippen molar-refractivity contribution < 1.29 is 4.79 Å². The zero-order chi connectivity index (χ0) is 10.0. The average Bonchev–Trinajstić information content (AvgIpc) is 2.12. The van der Waals surface area contributed by atoms with E-state index in [1.165, 1.54) is 12.1 Å². The van der Waals surface area contributed by atoms with Gasteiger partial charge in [-0.2, -0.15) is 0 Å². The number of benzene rings is 1. The standard InChI is InChI=1S/C8H6Cl3NO/c9-5-1-4(7(13)3-12)2-6(10)8(5)11/h1-2H,3,12H2. The van der Waals surface area contributed by atoms with Crippen molar-refractivity contribution in [1.82, 2.24) is 0 Å². The zero-order valence-electron chi connectivity index (χ0n) is 6.48. The first-order chi connectivity index (χ1) is 6.06. The predicted octanol–water partition coefficient (Wildman–Crippen LogP) is 2.79. The number of carbonyl (C=O) groups excluding carboxylic acids is 1. The van der Waals surface area contributed by atoms with Crippen LogP contribution in [0.25, 0.3) is 0 Å². The topological polar surface area (TPSA) is 43.1 Å². The van der Waals surface area contributed by atoms with Gasteiger partial charge < -0.3 is 5.73 Å². The van der Waals surface area contributed by atoms with E-state index in [1.54, 1.807) is 0 Å². The van der Waals surface area contributed by atoms with Crippen LogP contribution >= 0.6 is 34.8 Å². The lowest BCUT2D eigenvalue weighted by molar-refractivity contribution is 0.100. The molecule has 1 aromatic rings. The molecule has 0 aliphatic heterocycles. The summed E-state index contributed by atoms with van der Waals surface area (Å²) in [5.41, 5.74) is 5.55. The Bertz CT molecular complexity index is 328. The number of hydrogen-bond acceptors (Lipinski definition) is 2. The van der Waals surface area contributed by atoms with E-state index in [9.17, 15) is 4.79 Å². The monoisotopic (exact) mass is 237 g/mol. The second kappa shape index (κ2) is 4.29. The Hall–Kier alpha value is -0.280. The first-order valence-electron chi connectivity index (χ1n) is 3.44. The molecule has 0 aliphatic rings. The Morgan fingerprint density at radius 3 is 2.08 bits per heavy atom. The summed E-state index contributed by atoms with van der Waals surface area (Å²) in [6.45, 7) is -0.0751. The summed E-state index contributed by atoms with van der Waals surface area (Å²) in [6.07, 6.45) is 0. The van der Waals surface area contributed by atoms with Crippen molar-refractivity contribution in [2.45, 2.75) is 0 Å². The molecular weight excluding hydrogens is 232 g/mol. The fourth-order valence-corrected chi connectivity index (χ4v) is 1.43. The number of halogens is 3. The molecule has 0 aliphatic carbocycles. The van der Waals surface area contributed by atoms with Crippen LogP contribution < -0.4 is 5.73 Å². The smallest absolute Gasteiger partial charge is 0.176 e. The third-order valence-electron chi connectivity index (χ3n) is 1.49. The summed E-state index contributed by atoms with van der Waals surface area (Å²) in [7, 11) is 0. The Morgan fingerprint density at radius 2 is 1.69 bits per heavy atom. The molecule has 5 heteroatoms. The van der Waals surface area contributed by atoms with Crippen molar-refractivity contribution in [3.8, 4) is 0 Å². The second-order valence-electron chi connectivity index (χ2n) is 2.38. The molecule has 2 nitrogen and oxygen atoms in total. The molecule has 0 aromatic heterocycles. The van der Waals surface area contributed by atoms with Gasteiger partial charge in [0, 0.05) is 5.56 Å². The van der Waals surface area contributed by atoms with Crippen molar-refractivity contribution in [1.29, 1.82) is 0 Å². The summed E-state index contributed by atoms with van der Waals surface area (Å²) >= 11 is 17.1. The highest BCUT2D eigenvalue weighted by molar-refractivity contribution is 6.48. The molecule has 0 saturated heterocycles. The number of carbonyl (C=O) groups is 1. The fraction of sp³-hybridized carbons (Fsp3) is 0.125. The minimum absolute atomic E-state index is 0.0751. The van der Waals surface area contributed by atoms with Gasteiger partial charge >= 0.3 is 0 Å². The van der Waals surface area contributed by atoms with E-state index in [0.29, 0.717) is 5.56 Å². The highest BCUT2D eigenvalue weighted by Gasteiger charge is 2.09. The molecule has 0 radical (unpaired) electrons. The van der Waals surface area contributed by atoms with Crippen LogP contribution in [0.1, 0.15) is 10.4 Å². The van der Waals surface area contributed by atoms with Gasteiger partial charge in [-0.1, -0.05) is 34.8 Å². The Morgan fingerprint density at radius 1 is 1.23 bits per heavy atom. The number of nitrogens with two attached hydrogens (primary N) is 1. The third-order valence-corrected chi connectivity index (χ3v) is 2.69. The van der Waals surface area contributed by atoms with Gasteiger partial charge in [-0.25, -0.2) is 0 Å². The van der Waals surface area contributed by atoms with Crippen LogP contribution in [0.3, 0.4) is 0 Å². The molecule has 0 bridgehead atoms. The number of ketones is 1. The van der Waals surface area contributed by atoms with Gasteiger partial charge in [-0.15, -0.1) is 0 Å². The number of hydrogen-bond donors (Lipinski definition) is 1. The fourth-order valence-electron chi connectivity index (χ4n) is 0.834. The van der Waals surface area contributed by atoms with E-state index < -0.39 is 0 Å². The first kappa shape index (κ1) is 10.8. The molecule has 0 fully saturated rings. The molecule has 0 amide bonds. The molecule has 0 unspecified atom stereocenters. The van der Waals surface area contributed by atoms with E-state index >= 15 is 0 Å². The third kappa shape index (κ3) is 2.35. The molecule has 0 saturated carbocycles. The molecular formula is C8H6Cl3NO. The maximum Gasteiger partial charge on any atom is 0.176 e. The Kier molecular flexibility index (Phi) is 3.56. The van der Waals surface area contributed by atoms with Crippen LogP contribution in [0.15, 0.2) is 12.1 Å². The molecule has 0 heterocycles. The molecule has 70 valence electrons. The van der Waals surface area contributed by atoms with Crippen molar-refractivity contribution in [3.63, 3.8) is 0 Å². The average molecular weight is 239 g/mol. The highest BCUT2D eigenvalue weighted by Crippen LogP contribution is 2.31. The largest absolute Gasteiger partial charge is 0.324 e. The zero-order valence-corrected chi connectivity index (χ0v) is 8.75. The van der Waals surface area contributed by atoms with Crippen molar-refractivity contribution in [3.05, 3.63) is 32.8 Å². The van der Waals surface area contributed by atoms with E-state index in [2.05, 4.69) is 0 Å². The lowest BCUT2D eigenvalue weighted by atomic mass is 10.1. The Labute approximate surface area is 90.6 Å². The van der Waals surface area contributed by atoms with Crippen molar-refractivity contribution in [2.75, 3.05) is 6.54 Å². The molecule has 13 heavy (non-hydrogen) atoms. The Balaban J connectivity index is 3.20. The normalized spacial score (nSPS) is 10.2. The molecule has 0 spiro atoms. The summed E-state index contributed by atoms with van der Waals surface area (Å²) in [5.74, 6) is -0.222. The van der Waals surface area contributed by atoms with Gasteiger partial charge in [0.2, 0.25) is 0 Å². The molecule has 2 N–H and O–H groups in total. The summed E-state index contributed by atoms with van der Waals surface area (Å²) in [4.78, 5) is 11.1. The van der Waals surface area contributed by atoms with Crippen molar-refractivity contribution >= 4 is 40.6 Å². The maximum atomic E-state index is 11.1. The van der Waals surface area contributed by atoms with Crippen LogP contribution in [0, 0.1) is 0 Å². The predicted molar refractivity (Wildman–Crippen MR) is 54.9 cm³/mol. The summed E-state index contributed by atoms with van der Waals surface area (Å²) in [5, 5.41) is 0.758. The lowest BCUT2D eigenvalue weighted by Gasteiger charge is -2.02. The lowest BCUT2D eigenvalue weighted by Crippen LogP contribution is -2.13. The minimum atomic E-state index is -0.222. The van der Waals surface area contributed by atoms with Gasteiger partial charge in [0.1, 0.15) is 0 Å². The summed E-state index contributed by atoms with van der Waals surface area (Å²) in [6, 6.07) is 2.90. The number of rotatable bonds is 2. The minimum Gasteiger partial charge on any atom is -0.324 e. The van der Waals surface area contributed by atoms with E-state index in [0.717, 1.165) is 0 Å². The van der Waals surface area contributed by atoms with Gasteiger partial charge in [0.05, 0.1) is 21.6 Å². The summed E-state index contributed by atoms with van der Waals surface area (Å²) < 4.78 is 0. The van der Waals surface area contributed by atoms with Crippen LogP contribution in [0.5, 0.6) is 0 Å². The second-order valence-corrected chi connectivity index (χ2v) is 3.57. The highest BCUT2D eigenvalue weighted by atomic mass is 35.5. The van der Waals surface area contributed by atoms with Crippen LogP contribution in [0.2, 0.25) is 15.1 Å². The van der Waals surface area contributed by atoms with Gasteiger partial charge in [0.25, 0.3) is 0 Å². The van der Waals surface area contributed by atoms with Gasteiger partial charge in [-0.3, -0.25) is 4.79 Å². The molecule has 0 atom stereocenters. The van der Waals surface area contributed by atoms with Crippen LogP contribution in [0.4, 0.5) is 0 Å². The van der Waals surface area contributed by atoms with E-state index in [-0.39, 0.29) is 27.4 Å². The van der Waals surface area contributed by atoms with Gasteiger partial charge in [-0.05, 0) is 12.1 Å². The van der Waals surface area contributed by atoms with E-state index in [4.69, 9.17) is 40.5 Å². The maximum absolute atomic E-state index is 11.1.